The quantitative estimate of drug-likeness (QED) is 0.0787. The second-order valence-electron chi connectivity index (χ2n) is 28.3. The molecule has 0 fully saturated rings. The molecule has 0 atom stereocenters. The van der Waals surface area contributed by atoms with Crippen molar-refractivity contribution in [2.75, 3.05) is 0 Å². The van der Waals surface area contributed by atoms with Gasteiger partial charge in [0, 0.05) is 91.5 Å². The Bertz CT molecular complexity index is 6530. The van der Waals surface area contributed by atoms with Crippen LogP contribution in [0.2, 0.25) is 0 Å². The fourth-order valence-corrected chi connectivity index (χ4v) is 14.2. The van der Waals surface area contributed by atoms with Crippen LogP contribution in [0, 0.1) is 0 Å². The molecule has 564 valence electrons. The summed E-state index contributed by atoms with van der Waals surface area (Å²) in [6, 6.07) is 132. The first-order chi connectivity index (χ1) is 59.4. The summed E-state index contributed by atoms with van der Waals surface area (Å²) in [6.45, 7) is 0. The molecule has 10 aromatic heterocycles. The number of nitrogens with zero attached hydrogens (tertiary/aromatic N) is 15. The van der Waals surface area contributed by atoms with Crippen LogP contribution in [0.3, 0.4) is 0 Å². The molecule has 0 saturated heterocycles. The summed E-state index contributed by atoms with van der Waals surface area (Å²) in [6.07, 6.45) is 7.28. The molecular weight excluding hydrogens is 1470 g/mol. The van der Waals surface area contributed by atoms with Gasteiger partial charge in [0.2, 0.25) is 0 Å². The van der Waals surface area contributed by atoms with Crippen molar-refractivity contribution >= 4 is 0 Å². The standard InChI is InChI=1S/C53H35N7.C52H34N8/c1-6-16-36(17-7-1)43-30-50(44-28-26-41(34-54-44)48-32-46(37-18-8-2-9-19-37)57-52(59-48)39-22-12-4-13-23-39)56-51(31-43)45-29-27-42(35-55-45)49-33-47(38-20-10-3-11-21-38)58-53(60-49)40-24-14-5-15-25-40;1-6-17-35(18-7-1)41-32-46(45-31-40(28-30-53-45)51-59-49(38-23-12-4-13-24-38)58-50(60-51)39-25-14-5-15-26-39)55-47(33-41)48-42(27-16-29-54-48)52-56-43(36-19-8-2-9-20-36)34-44(57-52)37-21-10-3-11-22-37/h1-35H;1-34H. The van der Waals surface area contributed by atoms with E-state index in [1.807, 2.05) is 310 Å². The fourth-order valence-electron chi connectivity index (χ4n) is 14.2. The van der Waals surface area contributed by atoms with E-state index in [1.165, 1.54) is 0 Å². The summed E-state index contributed by atoms with van der Waals surface area (Å²) in [5, 5.41) is 0. The molecule has 0 N–H and O–H groups in total. The van der Waals surface area contributed by atoms with Gasteiger partial charge in [-0.15, -0.1) is 0 Å². The third-order valence-electron chi connectivity index (χ3n) is 20.3. The van der Waals surface area contributed by atoms with Crippen molar-refractivity contribution in [1.29, 1.82) is 0 Å². The zero-order valence-corrected chi connectivity index (χ0v) is 64.5. The second kappa shape index (κ2) is 34.2. The lowest BCUT2D eigenvalue weighted by atomic mass is 10.0. The van der Waals surface area contributed by atoms with Gasteiger partial charge in [-0.3, -0.25) is 19.9 Å². The molecule has 0 amide bonds. The summed E-state index contributed by atoms with van der Waals surface area (Å²) in [4.78, 5) is 75.1. The van der Waals surface area contributed by atoms with Crippen LogP contribution in [0.25, 0.3) is 204 Å². The molecule has 15 heteroatoms. The third kappa shape index (κ3) is 16.5. The maximum absolute atomic E-state index is 5.28. The van der Waals surface area contributed by atoms with Crippen molar-refractivity contribution < 1.29 is 0 Å². The number of rotatable bonds is 18. The minimum atomic E-state index is 0.530. The number of pyridine rings is 6. The van der Waals surface area contributed by atoms with E-state index >= 15 is 0 Å². The number of benzene rings is 10. The first-order valence-electron chi connectivity index (χ1n) is 39.3. The molecule has 0 radical (unpaired) electrons. The van der Waals surface area contributed by atoms with Gasteiger partial charge in [-0.25, -0.2) is 54.8 Å². The van der Waals surface area contributed by atoms with Gasteiger partial charge in [0.15, 0.2) is 34.9 Å². The summed E-state index contributed by atoms with van der Waals surface area (Å²) in [5.41, 5.74) is 25.5. The van der Waals surface area contributed by atoms with Crippen LogP contribution >= 0.6 is 0 Å². The third-order valence-corrected chi connectivity index (χ3v) is 20.3. The van der Waals surface area contributed by atoms with Crippen LogP contribution in [0.5, 0.6) is 0 Å². The van der Waals surface area contributed by atoms with E-state index in [0.29, 0.717) is 57.7 Å². The smallest absolute Gasteiger partial charge is 0.164 e. The van der Waals surface area contributed by atoms with Crippen molar-refractivity contribution in [1.82, 2.24) is 74.8 Å². The molecule has 0 aliphatic rings. The topological polar surface area (TPSA) is 193 Å². The highest BCUT2D eigenvalue weighted by molar-refractivity contribution is 5.85. The molecule has 120 heavy (non-hydrogen) atoms. The number of hydrogen-bond acceptors (Lipinski definition) is 15. The van der Waals surface area contributed by atoms with Crippen LogP contribution < -0.4 is 0 Å². The SMILES string of the molecule is c1ccc(-c2cc(-c3cc(-c4nc(-c5ccccc5)nc(-c5ccccc5)n4)ccn3)nc(-c3ncccc3-c3nc(-c4ccccc4)cc(-c4ccccc4)n3)c2)cc1.c1ccc(-c2cc(-c3ccc(-c4cc(-c5ccccc5)nc(-c5ccccc5)n4)cn3)nc(-c3ccc(-c4cc(-c5ccccc5)nc(-c5ccccc5)n4)cn3)c2)cc1. The maximum atomic E-state index is 5.28. The minimum absolute atomic E-state index is 0.530. The van der Waals surface area contributed by atoms with Gasteiger partial charge in [0.05, 0.1) is 79.7 Å². The van der Waals surface area contributed by atoms with Crippen molar-refractivity contribution in [2.24, 2.45) is 0 Å². The van der Waals surface area contributed by atoms with Crippen molar-refractivity contribution in [3.05, 3.63) is 419 Å². The Labute approximate surface area is 693 Å². The Hall–Kier alpha value is -16.7. The Kier molecular flexibility index (Phi) is 20.9. The molecule has 10 aromatic carbocycles. The van der Waals surface area contributed by atoms with Crippen LogP contribution in [0.15, 0.2) is 419 Å². The highest BCUT2D eigenvalue weighted by atomic mass is 15.0. The van der Waals surface area contributed by atoms with Crippen LogP contribution in [0.4, 0.5) is 0 Å². The van der Waals surface area contributed by atoms with Crippen molar-refractivity contribution in [2.45, 2.75) is 0 Å². The lowest BCUT2D eigenvalue weighted by molar-refractivity contribution is 1.07. The predicted octanol–water partition coefficient (Wildman–Crippen LogP) is 24.3. The minimum Gasteiger partial charge on any atom is -0.255 e. The fraction of sp³-hybridized carbons (Fsp3) is 0. The molecule has 20 rings (SSSR count). The number of hydrogen-bond donors (Lipinski definition) is 0. The van der Waals surface area contributed by atoms with E-state index in [-0.39, 0.29) is 0 Å². The van der Waals surface area contributed by atoms with Gasteiger partial charge in [-0.1, -0.05) is 303 Å². The summed E-state index contributed by atoms with van der Waals surface area (Å²) < 4.78 is 0. The predicted molar refractivity (Wildman–Crippen MR) is 478 cm³/mol. The van der Waals surface area contributed by atoms with E-state index < -0.39 is 0 Å². The molecule has 0 unspecified atom stereocenters. The molecule has 15 nitrogen and oxygen atoms in total. The highest BCUT2D eigenvalue weighted by Crippen LogP contribution is 2.39. The monoisotopic (exact) mass is 1540 g/mol. The van der Waals surface area contributed by atoms with E-state index in [9.17, 15) is 0 Å². The zero-order valence-electron chi connectivity index (χ0n) is 64.5. The van der Waals surface area contributed by atoms with Gasteiger partial charge < -0.3 is 0 Å². The molecule has 0 bridgehead atoms. The second-order valence-corrected chi connectivity index (χ2v) is 28.3. The van der Waals surface area contributed by atoms with Crippen LogP contribution in [0.1, 0.15) is 0 Å². The first-order valence-corrected chi connectivity index (χ1v) is 39.3. The lowest BCUT2D eigenvalue weighted by Gasteiger charge is -2.14. The molecule has 0 aliphatic heterocycles. The van der Waals surface area contributed by atoms with Crippen LogP contribution in [-0.4, -0.2) is 74.8 Å². The Morgan fingerprint density at radius 1 is 0.125 bits per heavy atom. The average Bonchev–Trinajstić information content (AvgIpc) is 0.767. The summed E-state index contributed by atoms with van der Waals surface area (Å²) in [7, 11) is 0. The lowest BCUT2D eigenvalue weighted by Crippen LogP contribution is -2.01. The van der Waals surface area contributed by atoms with Gasteiger partial charge in [-0.2, -0.15) is 0 Å². The molecule has 0 aliphatic carbocycles. The summed E-state index contributed by atoms with van der Waals surface area (Å²) >= 11 is 0. The van der Waals surface area contributed by atoms with E-state index in [2.05, 4.69) is 97.1 Å². The normalized spacial score (nSPS) is 11.0. The highest BCUT2D eigenvalue weighted by Gasteiger charge is 2.22. The van der Waals surface area contributed by atoms with E-state index in [0.717, 1.165) is 146 Å². The van der Waals surface area contributed by atoms with Gasteiger partial charge in [-0.05, 0) is 113 Å². The van der Waals surface area contributed by atoms with Crippen molar-refractivity contribution in [3.8, 4) is 204 Å². The Morgan fingerprint density at radius 3 is 0.758 bits per heavy atom. The average molecular weight is 1540 g/mol. The maximum Gasteiger partial charge on any atom is 0.164 e. The van der Waals surface area contributed by atoms with E-state index in [4.69, 9.17) is 74.8 Å². The van der Waals surface area contributed by atoms with Gasteiger partial charge >= 0.3 is 0 Å². The van der Waals surface area contributed by atoms with Gasteiger partial charge in [0.1, 0.15) is 0 Å². The first kappa shape index (κ1) is 73.5. The largest absolute Gasteiger partial charge is 0.255 e. The van der Waals surface area contributed by atoms with E-state index in [1.54, 1.807) is 12.4 Å². The Morgan fingerprint density at radius 2 is 0.408 bits per heavy atom. The molecule has 0 spiro atoms. The molecule has 0 saturated carbocycles. The molecule has 20 aromatic rings. The van der Waals surface area contributed by atoms with Gasteiger partial charge in [0.25, 0.3) is 0 Å². The Balaban J connectivity index is 0.000000159. The van der Waals surface area contributed by atoms with Crippen LogP contribution in [-0.2, 0) is 0 Å². The zero-order chi connectivity index (χ0) is 80.2. The number of aromatic nitrogens is 15. The van der Waals surface area contributed by atoms with Crippen molar-refractivity contribution in [3.63, 3.8) is 0 Å². The molecular formula is C105H69N15. The summed E-state index contributed by atoms with van der Waals surface area (Å²) in [5.74, 6) is 3.56. The molecule has 10 heterocycles.